The molecule has 1 amide bonds. The maximum absolute atomic E-state index is 12.4. The summed E-state index contributed by atoms with van der Waals surface area (Å²) in [7, 11) is 4.10. The molecule has 4 heteroatoms. The van der Waals surface area contributed by atoms with Gasteiger partial charge in [0.15, 0.2) is 0 Å². The zero-order valence-electron chi connectivity index (χ0n) is 13.9. The topological polar surface area (TPSA) is 44.4 Å². The summed E-state index contributed by atoms with van der Waals surface area (Å²) in [4.78, 5) is 14.8. The van der Waals surface area contributed by atoms with Crippen molar-refractivity contribution in [1.82, 2.24) is 15.5 Å². The van der Waals surface area contributed by atoms with Crippen molar-refractivity contribution >= 4 is 5.91 Å². The lowest BCUT2D eigenvalue weighted by Crippen LogP contribution is -2.37. The second kappa shape index (κ2) is 8.91. The van der Waals surface area contributed by atoms with E-state index in [2.05, 4.69) is 22.6 Å². The third kappa shape index (κ3) is 4.82. The van der Waals surface area contributed by atoms with E-state index in [4.69, 9.17) is 0 Å². The molecule has 122 valence electrons. The number of amides is 1. The Labute approximate surface area is 134 Å². The van der Waals surface area contributed by atoms with Crippen LogP contribution in [0.2, 0.25) is 0 Å². The molecule has 22 heavy (non-hydrogen) atoms. The fourth-order valence-corrected chi connectivity index (χ4v) is 3.19. The Balaban J connectivity index is 1.81. The van der Waals surface area contributed by atoms with E-state index in [1.165, 1.54) is 25.7 Å². The van der Waals surface area contributed by atoms with Crippen LogP contribution in [0.4, 0.5) is 0 Å². The van der Waals surface area contributed by atoms with Crippen LogP contribution < -0.4 is 10.6 Å². The van der Waals surface area contributed by atoms with E-state index in [1.54, 1.807) is 0 Å². The molecule has 0 atom stereocenters. The molecule has 0 bridgehead atoms. The zero-order valence-corrected chi connectivity index (χ0v) is 13.9. The number of hydrogen-bond donors (Lipinski definition) is 2. The first-order chi connectivity index (χ1) is 10.7. The molecule has 0 spiro atoms. The Kier molecular flexibility index (Phi) is 6.87. The lowest BCUT2D eigenvalue weighted by atomic mass is 10.0. The van der Waals surface area contributed by atoms with Crippen molar-refractivity contribution in [1.29, 1.82) is 0 Å². The Morgan fingerprint density at radius 3 is 2.68 bits per heavy atom. The van der Waals surface area contributed by atoms with E-state index >= 15 is 0 Å². The van der Waals surface area contributed by atoms with Crippen LogP contribution in [-0.2, 0) is 6.42 Å². The van der Waals surface area contributed by atoms with Gasteiger partial charge in [-0.1, -0.05) is 31.0 Å². The average molecular weight is 303 g/mol. The second-order valence-corrected chi connectivity index (χ2v) is 6.19. The number of benzene rings is 1. The fourth-order valence-electron chi connectivity index (χ4n) is 3.19. The zero-order chi connectivity index (χ0) is 15.8. The van der Waals surface area contributed by atoms with Crippen LogP contribution in [0.15, 0.2) is 24.3 Å². The maximum Gasteiger partial charge on any atom is 0.251 e. The SMILES string of the molecule is CNCCc1ccccc1C(=O)NCCN(C)C1CCCC1. The Bertz CT molecular complexity index is 469. The van der Waals surface area contributed by atoms with Gasteiger partial charge in [-0.2, -0.15) is 0 Å². The van der Waals surface area contributed by atoms with Gasteiger partial charge in [0.05, 0.1) is 0 Å². The predicted octanol–water partition coefficient (Wildman–Crippen LogP) is 2.05. The van der Waals surface area contributed by atoms with Gasteiger partial charge < -0.3 is 15.5 Å². The number of hydrogen-bond acceptors (Lipinski definition) is 3. The molecule has 1 aromatic rings. The van der Waals surface area contributed by atoms with Crippen molar-refractivity contribution in [3.8, 4) is 0 Å². The van der Waals surface area contributed by atoms with Crippen molar-refractivity contribution in [2.24, 2.45) is 0 Å². The van der Waals surface area contributed by atoms with E-state index in [1.807, 2.05) is 31.3 Å². The molecule has 0 saturated heterocycles. The minimum Gasteiger partial charge on any atom is -0.351 e. The number of carbonyl (C=O) groups is 1. The minimum absolute atomic E-state index is 0.0477. The van der Waals surface area contributed by atoms with Crippen LogP contribution >= 0.6 is 0 Å². The van der Waals surface area contributed by atoms with E-state index < -0.39 is 0 Å². The lowest BCUT2D eigenvalue weighted by molar-refractivity contribution is 0.0946. The standard InChI is InChI=1S/C18H29N3O/c1-19-12-11-15-7-3-6-10-17(15)18(22)20-13-14-21(2)16-8-4-5-9-16/h3,6-7,10,16,19H,4-5,8-9,11-14H2,1-2H3,(H,20,22). The van der Waals surface area contributed by atoms with Crippen LogP contribution in [0, 0.1) is 0 Å². The maximum atomic E-state index is 12.4. The molecule has 1 aliphatic carbocycles. The van der Waals surface area contributed by atoms with Crippen LogP contribution in [0.5, 0.6) is 0 Å². The summed E-state index contributed by atoms with van der Waals surface area (Å²) < 4.78 is 0. The molecule has 0 aliphatic heterocycles. The van der Waals surface area contributed by atoms with Gasteiger partial charge in [0.25, 0.3) is 5.91 Å². The monoisotopic (exact) mass is 303 g/mol. The van der Waals surface area contributed by atoms with Gasteiger partial charge in [0, 0.05) is 24.7 Å². The number of nitrogens with zero attached hydrogens (tertiary/aromatic N) is 1. The Hall–Kier alpha value is -1.39. The molecule has 1 aromatic carbocycles. The van der Waals surface area contributed by atoms with Crippen LogP contribution in [0.25, 0.3) is 0 Å². The molecule has 2 N–H and O–H groups in total. The Morgan fingerprint density at radius 1 is 1.23 bits per heavy atom. The van der Waals surface area contributed by atoms with Gasteiger partial charge in [0.2, 0.25) is 0 Å². The summed E-state index contributed by atoms with van der Waals surface area (Å²) in [6.45, 7) is 2.52. The highest BCUT2D eigenvalue weighted by atomic mass is 16.1. The first-order valence-corrected chi connectivity index (χ1v) is 8.43. The number of likely N-dealkylation sites (N-methyl/N-ethyl adjacent to an activating group) is 2. The van der Waals surface area contributed by atoms with Gasteiger partial charge in [-0.15, -0.1) is 0 Å². The van der Waals surface area contributed by atoms with Crippen LogP contribution in [0.1, 0.15) is 41.6 Å². The molecule has 0 unspecified atom stereocenters. The first-order valence-electron chi connectivity index (χ1n) is 8.43. The molecule has 4 nitrogen and oxygen atoms in total. The van der Waals surface area contributed by atoms with Crippen molar-refractivity contribution < 1.29 is 4.79 Å². The average Bonchev–Trinajstić information content (AvgIpc) is 3.07. The largest absolute Gasteiger partial charge is 0.351 e. The fraction of sp³-hybridized carbons (Fsp3) is 0.611. The molecule has 0 aromatic heterocycles. The minimum atomic E-state index is 0.0477. The predicted molar refractivity (Wildman–Crippen MR) is 91.3 cm³/mol. The molecule has 2 rings (SSSR count). The van der Waals surface area contributed by atoms with Crippen LogP contribution in [-0.4, -0.2) is 50.6 Å². The summed E-state index contributed by atoms with van der Waals surface area (Å²) >= 11 is 0. The van der Waals surface area contributed by atoms with Crippen LogP contribution in [0.3, 0.4) is 0 Å². The highest BCUT2D eigenvalue weighted by Crippen LogP contribution is 2.21. The second-order valence-electron chi connectivity index (χ2n) is 6.19. The van der Waals surface area contributed by atoms with E-state index in [0.29, 0.717) is 12.6 Å². The molecule has 0 heterocycles. The third-order valence-corrected chi connectivity index (χ3v) is 4.60. The van der Waals surface area contributed by atoms with E-state index in [0.717, 1.165) is 30.6 Å². The molecular formula is C18H29N3O. The third-order valence-electron chi connectivity index (χ3n) is 4.60. The van der Waals surface area contributed by atoms with Gasteiger partial charge in [0.1, 0.15) is 0 Å². The molecule has 1 fully saturated rings. The van der Waals surface area contributed by atoms with E-state index in [-0.39, 0.29) is 5.91 Å². The van der Waals surface area contributed by atoms with E-state index in [9.17, 15) is 4.79 Å². The first kappa shape index (κ1) is 17.0. The van der Waals surface area contributed by atoms with Gasteiger partial charge >= 0.3 is 0 Å². The summed E-state index contributed by atoms with van der Waals surface area (Å²) in [6.07, 6.45) is 6.18. The van der Waals surface area contributed by atoms with Gasteiger partial charge in [-0.25, -0.2) is 0 Å². The van der Waals surface area contributed by atoms with Crippen molar-refractivity contribution in [2.75, 3.05) is 33.7 Å². The highest BCUT2D eigenvalue weighted by Gasteiger charge is 2.19. The summed E-state index contributed by atoms with van der Waals surface area (Å²) in [5, 5.41) is 6.20. The van der Waals surface area contributed by atoms with Gasteiger partial charge in [-0.3, -0.25) is 4.79 Å². The number of carbonyl (C=O) groups excluding carboxylic acids is 1. The number of nitrogens with one attached hydrogen (secondary N) is 2. The molecule has 0 radical (unpaired) electrons. The van der Waals surface area contributed by atoms with Crippen molar-refractivity contribution in [3.63, 3.8) is 0 Å². The quantitative estimate of drug-likeness (QED) is 0.772. The normalized spacial score (nSPS) is 15.4. The lowest BCUT2D eigenvalue weighted by Gasteiger charge is -2.24. The Morgan fingerprint density at radius 2 is 1.95 bits per heavy atom. The molecule has 1 saturated carbocycles. The number of rotatable bonds is 8. The molecule has 1 aliphatic rings. The summed E-state index contributed by atoms with van der Waals surface area (Å²) in [5.41, 5.74) is 1.92. The van der Waals surface area contributed by atoms with Crippen molar-refractivity contribution in [3.05, 3.63) is 35.4 Å². The molecular weight excluding hydrogens is 274 g/mol. The van der Waals surface area contributed by atoms with Crippen molar-refractivity contribution in [2.45, 2.75) is 38.1 Å². The van der Waals surface area contributed by atoms with Gasteiger partial charge in [-0.05, 0) is 51.5 Å². The summed E-state index contributed by atoms with van der Waals surface area (Å²) in [6, 6.07) is 8.59. The highest BCUT2D eigenvalue weighted by molar-refractivity contribution is 5.95. The summed E-state index contributed by atoms with van der Waals surface area (Å²) in [5.74, 6) is 0.0477. The smallest absolute Gasteiger partial charge is 0.251 e.